The molecule has 0 aromatic carbocycles. The van der Waals surface area contributed by atoms with Crippen LogP contribution in [0.2, 0.25) is 0 Å². The second-order valence-corrected chi connectivity index (χ2v) is 7.97. The molecule has 0 atom stereocenters. The van der Waals surface area contributed by atoms with Gasteiger partial charge in [0, 0.05) is 24.4 Å². The van der Waals surface area contributed by atoms with E-state index in [2.05, 4.69) is 15.0 Å². The largest absolute Gasteiger partial charge is 0.375 e. The highest BCUT2D eigenvalue weighted by Gasteiger charge is 2.17. The summed E-state index contributed by atoms with van der Waals surface area (Å²) >= 11 is 2.46. The van der Waals surface area contributed by atoms with E-state index >= 15 is 0 Å². The van der Waals surface area contributed by atoms with Crippen molar-refractivity contribution in [2.24, 2.45) is 0 Å². The third-order valence-electron chi connectivity index (χ3n) is 2.81. The summed E-state index contributed by atoms with van der Waals surface area (Å²) in [7, 11) is -2.09. The van der Waals surface area contributed by atoms with Crippen molar-refractivity contribution in [2.75, 3.05) is 19.3 Å². The zero-order valence-electron chi connectivity index (χ0n) is 11.8. The Labute approximate surface area is 136 Å². The van der Waals surface area contributed by atoms with Gasteiger partial charge in [-0.15, -0.1) is 22.7 Å². The lowest BCUT2D eigenvalue weighted by atomic mass is 10.2. The number of aryl methyl sites for hydroxylation is 1. The van der Waals surface area contributed by atoms with Crippen molar-refractivity contribution in [1.29, 1.82) is 0 Å². The van der Waals surface area contributed by atoms with Crippen molar-refractivity contribution in [3.05, 3.63) is 27.4 Å². The monoisotopic (exact) mass is 360 g/mol. The number of hydrogen-bond acceptors (Lipinski definition) is 7. The Morgan fingerprint density at radius 3 is 2.77 bits per heavy atom. The minimum absolute atomic E-state index is 0.106. The van der Waals surface area contributed by atoms with Crippen molar-refractivity contribution in [1.82, 2.24) is 15.0 Å². The normalized spacial score (nSPS) is 11.5. The molecule has 0 fully saturated rings. The summed E-state index contributed by atoms with van der Waals surface area (Å²) < 4.78 is 26.7. The Morgan fingerprint density at radius 2 is 2.14 bits per heavy atom. The van der Waals surface area contributed by atoms with Gasteiger partial charge in [0.05, 0.1) is 15.5 Å². The topological polar surface area (TPSA) is 114 Å². The Hall–Kier alpha value is -1.49. The van der Waals surface area contributed by atoms with Crippen LogP contribution in [0.15, 0.2) is 21.7 Å². The number of carbonyl (C=O) groups is 1. The van der Waals surface area contributed by atoms with E-state index in [0.717, 1.165) is 17.0 Å². The fourth-order valence-electron chi connectivity index (χ4n) is 1.70. The number of nitrogens with two attached hydrogens (primary N) is 1. The van der Waals surface area contributed by atoms with E-state index in [1.54, 1.807) is 0 Å². The molecular weight excluding hydrogens is 344 g/mol. The van der Waals surface area contributed by atoms with Gasteiger partial charge in [-0.2, -0.15) is 0 Å². The van der Waals surface area contributed by atoms with Gasteiger partial charge in [0.2, 0.25) is 10.0 Å². The number of nitrogens with zero attached hydrogens (tertiary/aromatic N) is 1. The molecule has 0 spiro atoms. The van der Waals surface area contributed by atoms with Crippen molar-refractivity contribution in [2.45, 2.75) is 17.7 Å². The Kier molecular flexibility index (Phi) is 5.51. The lowest BCUT2D eigenvalue weighted by molar-refractivity contribution is 0.0967. The quantitative estimate of drug-likeness (QED) is 0.639. The second-order valence-electron chi connectivity index (χ2n) is 4.40. The van der Waals surface area contributed by atoms with Crippen LogP contribution in [0, 0.1) is 0 Å². The molecule has 0 aliphatic carbocycles. The van der Waals surface area contributed by atoms with E-state index in [1.165, 1.54) is 29.8 Å². The molecule has 22 heavy (non-hydrogen) atoms. The summed E-state index contributed by atoms with van der Waals surface area (Å²) in [5, 5.41) is 6.28. The number of hydrogen-bond donors (Lipinski definition) is 3. The maximum Gasteiger partial charge on any atom is 0.261 e. The van der Waals surface area contributed by atoms with Gasteiger partial charge in [-0.05, 0) is 18.9 Å². The Morgan fingerprint density at radius 1 is 1.36 bits per heavy atom. The summed E-state index contributed by atoms with van der Waals surface area (Å²) in [5.74, 6) is -0.299. The summed E-state index contributed by atoms with van der Waals surface area (Å²) in [6.45, 7) is 0.297. The van der Waals surface area contributed by atoms with Crippen LogP contribution in [0.25, 0.3) is 0 Å². The van der Waals surface area contributed by atoms with Gasteiger partial charge in [-0.3, -0.25) is 4.79 Å². The van der Waals surface area contributed by atoms with E-state index in [4.69, 9.17) is 5.73 Å². The Balaban J connectivity index is 1.88. The number of thiazole rings is 1. The number of anilines is 1. The maximum atomic E-state index is 12.1. The first-order valence-electron chi connectivity index (χ1n) is 6.42. The molecule has 4 N–H and O–H groups in total. The molecule has 2 aromatic heterocycles. The molecule has 0 unspecified atom stereocenters. The van der Waals surface area contributed by atoms with Crippen LogP contribution in [0.1, 0.15) is 21.8 Å². The van der Waals surface area contributed by atoms with Gasteiger partial charge in [-0.1, -0.05) is 0 Å². The predicted octanol–water partition coefficient (Wildman–Crippen LogP) is 1.06. The SMILES string of the molecule is CNC(=O)c1cc(S(=O)(=O)NCCCc2csc(N)n2)cs1. The van der Waals surface area contributed by atoms with Crippen LogP contribution < -0.4 is 15.8 Å². The third kappa shape index (κ3) is 4.26. The lowest BCUT2D eigenvalue weighted by Crippen LogP contribution is -2.25. The van der Waals surface area contributed by atoms with Crippen LogP contribution >= 0.6 is 22.7 Å². The predicted molar refractivity (Wildman–Crippen MR) is 87.7 cm³/mol. The fourth-order valence-corrected chi connectivity index (χ4v) is 4.59. The number of aromatic nitrogens is 1. The van der Waals surface area contributed by atoms with Crippen LogP contribution in [0.3, 0.4) is 0 Å². The first-order valence-corrected chi connectivity index (χ1v) is 9.67. The summed E-state index contributed by atoms with van der Waals surface area (Å²) in [6, 6.07) is 1.37. The van der Waals surface area contributed by atoms with E-state index in [-0.39, 0.29) is 10.8 Å². The molecule has 2 heterocycles. The van der Waals surface area contributed by atoms with Gasteiger partial charge in [0.15, 0.2) is 5.13 Å². The molecule has 7 nitrogen and oxygen atoms in total. The molecule has 0 saturated carbocycles. The third-order valence-corrected chi connectivity index (χ3v) is 6.05. The Bertz CT molecular complexity index is 751. The van der Waals surface area contributed by atoms with Gasteiger partial charge in [-0.25, -0.2) is 18.1 Å². The van der Waals surface area contributed by atoms with E-state index in [9.17, 15) is 13.2 Å². The standard InChI is InChI=1S/C12H16N4O3S3/c1-14-11(17)10-5-9(7-20-10)22(18,19)15-4-2-3-8-6-21-12(13)16-8/h5-7,15H,2-4H2,1H3,(H2,13,16)(H,14,17). The van der Waals surface area contributed by atoms with Gasteiger partial charge in [0.25, 0.3) is 5.91 Å². The molecule has 2 rings (SSSR count). The number of nitrogens with one attached hydrogen (secondary N) is 2. The lowest BCUT2D eigenvalue weighted by Gasteiger charge is -2.04. The van der Waals surface area contributed by atoms with E-state index in [0.29, 0.717) is 29.4 Å². The minimum atomic E-state index is -3.59. The first-order chi connectivity index (χ1) is 10.4. The summed E-state index contributed by atoms with van der Waals surface area (Å²) in [4.78, 5) is 16.0. The minimum Gasteiger partial charge on any atom is -0.375 e. The van der Waals surface area contributed by atoms with Crippen molar-refractivity contribution >= 4 is 43.7 Å². The van der Waals surface area contributed by atoms with Gasteiger partial charge in [0.1, 0.15) is 0 Å². The maximum absolute atomic E-state index is 12.1. The summed E-state index contributed by atoms with van der Waals surface area (Å²) in [6.07, 6.45) is 1.28. The van der Waals surface area contributed by atoms with E-state index < -0.39 is 10.0 Å². The van der Waals surface area contributed by atoms with Crippen LogP contribution in [-0.4, -0.2) is 32.9 Å². The first kappa shape index (κ1) is 16.9. The fraction of sp³-hybridized carbons (Fsp3) is 0.333. The molecule has 2 aromatic rings. The van der Waals surface area contributed by atoms with Crippen LogP contribution in [0.4, 0.5) is 5.13 Å². The number of rotatable bonds is 7. The highest BCUT2D eigenvalue weighted by molar-refractivity contribution is 7.89. The van der Waals surface area contributed by atoms with Crippen LogP contribution in [-0.2, 0) is 16.4 Å². The zero-order valence-corrected chi connectivity index (χ0v) is 14.3. The number of carbonyl (C=O) groups excluding carboxylic acids is 1. The smallest absolute Gasteiger partial charge is 0.261 e. The van der Waals surface area contributed by atoms with Gasteiger partial charge < -0.3 is 11.1 Å². The summed E-state index contributed by atoms with van der Waals surface area (Å²) in [5.41, 5.74) is 6.39. The molecule has 120 valence electrons. The molecule has 1 amide bonds. The highest BCUT2D eigenvalue weighted by atomic mass is 32.2. The molecule has 0 radical (unpaired) electrons. The van der Waals surface area contributed by atoms with Gasteiger partial charge >= 0.3 is 0 Å². The number of thiophene rings is 1. The van der Waals surface area contributed by atoms with Crippen molar-refractivity contribution in [3.8, 4) is 0 Å². The average Bonchev–Trinajstić information content (AvgIpc) is 3.12. The number of amides is 1. The molecule has 10 heteroatoms. The molecule has 0 saturated heterocycles. The van der Waals surface area contributed by atoms with E-state index in [1.807, 2.05) is 5.38 Å². The number of sulfonamides is 1. The average molecular weight is 360 g/mol. The highest BCUT2D eigenvalue weighted by Crippen LogP contribution is 2.19. The molecule has 0 aliphatic heterocycles. The molecule has 0 bridgehead atoms. The molecular formula is C12H16N4O3S3. The van der Waals surface area contributed by atoms with Crippen molar-refractivity contribution in [3.63, 3.8) is 0 Å². The van der Waals surface area contributed by atoms with Crippen molar-refractivity contribution < 1.29 is 13.2 Å². The van der Waals surface area contributed by atoms with Crippen LogP contribution in [0.5, 0.6) is 0 Å². The number of nitrogen functional groups attached to an aromatic ring is 1. The zero-order chi connectivity index (χ0) is 16.2. The molecule has 0 aliphatic rings. The second kappa shape index (κ2) is 7.18.